The van der Waals surface area contributed by atoms with E-state index in [-0.39, 0.29) is 5.69 Å². The highest BCUT2D eigenvalue weighted by molar-refractivity contribution is 5.98. The molecule has 0 heterocycles. The van der Waals surface area contributed by atoms with Crippen molar-refractivity contribution >= 4 is 11.6 Å². The van der Waals surface area contributed by atoms with Gasteiger partial charge in [0.15, 0.2) is 0 Å². The van der Waals surface area contributed by atoms with Gasteiger partial charge in [-0.1, -0.05) is 0 Å². The van der Waals surface area contributed by atoms with Crippen LogP contribution in [0.4, 0.5) is 32.0 Å². The normalized spacial score (nSPS) is 12.6. The third-order valence-corrected chi connectivity index (χ3v) is 2.14. The molecule has 20 heavy (non-hydrogen) atoms. The number of carbonyl (C=O) groups is 1. The van der Waals surface area contributed by atoms with Gasteiger partial charge in [0.2, 0.25) is 0 Å². The van der Waals surface area contributed by atoms with Crippen LogP contribution in [0.2, 0.25) is 0 Å². The van der Waals surface area contributed by atoms with Gasteiger partial charge in [-0.3, -0.25) is 4.79 Å². The molecule has 10 heteroatoms. The summed E-state index contributed by atoms with van der Waals surface area (Å²) in [6, 6.07) is 2.30. The van der Waals surface area contributed by atoms with E-state index in [9.17, 15) is 31.1 Å². The second-order valence-corrected chi connectivity index (χ2v) is 3.69. The first-order chi connectivity index (χ1) is 8.93. The van der Waals surface area contributed by atoms with E-state index in [1.807, 2.05) is 0 Å². The van der Waals surface area contributed by atoms with Gasteiger partial charge in [0.1, 0.15) is 5.75 Å². The van der Waals surface area contributed by atoms with E-state index < -0.39 is 35.7 Å². The van der Waals surface area contributed by atoms with Crippen molar-refractivity contribution in [3.63, 3.8) is 0 Å². The zero-order valence-corrected chi connectivity index (χ0v) is 9.55. The Kier molecular flexibility index (Phi) is 4.06. The molecule has 1 amide bonds. The van der Waals surface area contributed by atoms with Crippen LogP contribution < -0.4 is 16.2 Å². The summed E-state index contributed by atoms with van der Waals surface area (Å²) in [5.74, 6) is -1.93. The Labute approximate surface area is 108 Å². The van der Waals surface area contributed by atoms with E-state index in [2.05, 4.69) is 4.74 Å². The topological polar surface area (TPSA) is 78.3 Å². The zero-order chi connectivity index (χ0) is 15.7. The number of halogens is 6. The maximum absolute atomic E-state index is 12.3. The molecule has 0 spiro atoms. The Morgan fingerprint density at radius 2 is 1.60 bits per heavy atom. The summed E-state index contributed by atoms with van der Waals surface area (Å²) in [5, 5.41) is 0. The Balaban J connectivity index is 3.13. The number of rotatable bonds is 3. The van der Waals surface area contributed by atoms with Gasteiger partial charge >= 0.3 is 12.4 Å². The van der Waals surface area contributed by atoms with Crippen LogP contribution in [0.25, 0.3) is 0 Å². The molecule has 0 aliphatic carbocycles. The maximum atomic E-state index is 12.3. The molecule has 0 aliphatic rings. The lowest BCUT2D eigenvalue weighted by Gasteiger charge is -2.24. The van der Waals surface area contributed by atoms with Crippen LogP contribution >= 0.6 is 0 Å². The number of carbonyl (C=O) groups excluding carboxylic acids is 1. The van der Waals surface area contributed by atoms with Crippen molar-refractivity contribution in [3.8, 4) is 5.75 Å². The van der Waals surface area contributed by atoms with E-state index in [4.69, 9.17) is 11.5 Å². The van der Waals surface area contributed by atoms with Gasteiger partial charge < -0.3 is 16.2 Å². The Morgan fingerprint density at radius 3 is 2.00 bits per heavy atom. The van der Waals surface area contributed by atoms with Crippen molar-refractivity contribution < 1.29 is 35.9 Å². The van der Waals surface area contributed by atoms with Gasteiger partial charge in [-0.25, -0.2) is 0 Å². The molecular formula is C10H8F6N2O2. The van der Waals surface area contributed by atoms with E-state index in [0.717, 1.165) is 12.1 Å². The Bertz CT molecular complexity index is 497. The summed E-state index contributed by atoms with van der Waals surface area (Å²) < 4.78 is 77.5. The summed E-state index contributed by atoms with van der Waals surface area (Å²) in [5.41, 5.74) is 9.53. The highest BCUT2D eigenvalue weighted by Gasteiger charge is 2.59. The van der Waals surface area contributed by atoms with Gasteiger partial charge in [0.05, 0.1) is 5.56 Å². The molecular weight excluding hydrogens is 294 g/mol. The fourth-order valence-electron chi connectivity index (χ4n) is 1.28. The first kappa shape index (κ1) is 15.9. The molecule has 0 atom stereocenters. The lowest BCUT2D eigenvalue weighted by molar-refractivity contribution is -0.299. The minimum Gasteiger partial charge on any atom is -0.471 e. The Hall–Kier alpha value is -2.13. The number of benzene rings is 1. The van der Waals surface area contributed by atoms with Gasteiger partial charge in [0, 0.05) is 5.69 Å². The molecule has 4 N–H and O–H groups in total. The fraction of sp³-hybridized carbons (Fsp3) is 0.300. The van der Waals surface area contributed by atoms with Crippen molar-refractivity contribution in [2.45, 2.75) is 18.5 Å². The number of primary amides is 1. The average Bonchev–Trinajstić information content (AvgIpc) is 2.24. The lowest BCUT2D eigenvalue weighted by Crippen LogP contribution is -2.46. The predicted molar refractivity (Wildman–Crippen MR) is 55.9 cm³/mol. The fourth-order valence-corrected chi connectivity index (χ4v) is 1.28. The number of anilines is 1. The third kappa shape index (κ3) is 3.68. The molecule has 1 aromatic carbocycles. The first-order valence-corrected chi connectivity index (χ1v) is 4.92. The van der Waals surface area contributed by atoms with E-state index in [0.29, 0.717) is 6.07 Å². The molecule has 0 unspecified atom stereocenters. The highest BCUT2D eigenvalue weighted by Crippen LogP contribution is 2.36. The molecule has 0 fully saturated rings. The molecule has 0 aromatic heterocycles. The molecule has 1 rings (SSSR count). The van der Waals surface area contributed by atoms with Crippen molar-refractivity contribution in [2.75, 3.05) is 5.73 Å². The number of hydrogen-bond donors (Lipinski definition) is 2. The quantitative estimate of drug-likeness (QED) is 0.664. The van der Waals surface area contributed by atoms with Crippen LogP contribution in [-0.2, 0) is 0 Å². The van der Waals surface area contributed by atoms with Crippen molar-refractivity contribution in [1.29, 1.82) is 0 Å². The predicted octanol–water partition coefficient (Wildman–Crippen LogP) is 2.24. The maximum Gasteiger partial charge on any atom is 0.434 e. The first-order valence-electron chi connectivity index (χ1n) is 4.92. The van der Waals surface area contributed by atoms with E-state index in [1.165, 1.54) is 0 Å². The SMILES string of the molecule is NC(=O)c1cc(OC(C(F)(F)F)C(F)(F)F)ccc1N. The van der Waals surface area contributed by atoms with E-state index >= 15 is 0 Å². The monoisotopic (exact) mass is 302 g/mol. The second kappa shape index (κ2) is 5.10. The minimum atomic E-state index is -5.66. The van der Waals surface area contributed by atoms with Gasteiger partial charge in [-0.15, -0.1) is 0 Å². The molecule has 0 bridgehead atoms. The summed E-state index contributed by atoms with van der Waals surface area (Å²) in [7, 11) is 0. The van der Waals surface area contributed by atoms with Gasteiger partial charge in [-0.2, -0.15) is 26.3 Å². The molecule has 1 aromatic rings. The van der Waals surface area contributed by atoms with Crippen molar-refractivity contribution in [3.05, 3.63) is 23.8 Å². The number of nitrogens with two attached hydrogens (primary N) is 2. The molecule has 0 saturated heterocycles. The van der Waals surface area contributed by atoms with Crippen LogP contribution in [0.5, 0.6) is 5.75 Å². The summed E-state index contributed by atoms with van der Waals surface area (Å²) in [6.45, 7) is 0. The number of alkyl halides is 6. The van der Waals surface area contributed by atoms with Gasteiger partial charge in [0.25, 0.3) is 12.0 Å². The summed E-state index contributed by atoms with van der Waals surface area (Å²) in [6.07, 6.45) is -15.3. The number of ether oxygens (including phenoxy) is 1. The minimum absolute atomic E-state index is 0.194. The highest BCUT2D eigenvalue weighted by atomic mass is 19.4. The zero-order valence-electron chi connectivity index (χ0n) is 9.55. The second-order valence-electron chi connectivity index (χ2n) is 3.69. The van der Waals surface area contributed by atoms with Crippen LogP contribution in [0, 0.1) is 0 Å². The lowest BCUT2D eigenvalue weighted by atomic mass is 10.1. The summed E-state index contributed by atoms with van der Waals surface area (Å²) in [4.78, 5) is 10.9. The van der Waals surface area contributed by atoms with Crippen LogP contribution in [0.15, 0.2) is 18.2 Å². The molecule has 0 aliphatic heterocycles. The third-order valence-electron chi connectivity index (χ3n) is 2.14. The van der Waals surface area contributed by atoms with Gasteiger partial charge in [-0.05, 0) is 18.2 Å². The van der Waals surface area contributed by atoms with Crippen molar-refractivity contribution in [2.24, 2.45) is 5.73 Å². The molecule has 0 saturated carbocycles. The Morgan fingerprint density at radius 1 is 1.10 bits per heavy atom. The average molecular weight is 302 g/mol. The number of hydrogen-bond acceptors (Lipinski definition) is 3. The smallest absolute Gasteiger partial charge is 0.434 e. The molecule has 0 radical (unpaired) electrons. The van der Waals surface area contributed by atoms with Crippen LogP contribution in [0.3, 0.4) is 0 Å². The van der Waals surface area contributed by atoms with E-state index in [1.54, 1.807) is 0 Å². The van der Waals surface area contributed by atoms with Crippen molar-refractivity contribution in [1.82, 2.24) is 0 Å². The number of nitrogen functional groups attached to an aromatic ring is 1. The summed E-state index contributed by atoms with van der Waals surface area (Å²) >= 11 is 0. The molecule has 4 nitrogen and oxygen atoms in total. The van der Waals surface area contributed by atoms with Crippen LogP contribution in [-0.4, -0.2) is 24.4 Å². The molecule has 112 valence electrons. The number of amides is 1. The van der Waals surface area contributed by atoms with Crippen LogP contribution in [0.1, 0.15) is 10.4 Å². The largest absolute Gasteiger partial charge is 0.471 e. The standard InChI is InChI=1S/C10H8F6N2O2/c11-9(12,13)8(10(14,15)16)20-4-1-2-6(17)5(3-4)7(18)19/h1-3,8H,17H2,(H2,18,19).